The van der Waals surface area contributed by atoms with Crippen molar-refractivity contribution in [1.82, 2.24) is 0 Å². The Bertz CT molecular complexity index is 1050. The van der Waals surface area contributed by atoms with Gasteiger partial charge in [-0.3, -0.25) is 9.59 Å². The number of hydrogen-bond acceptors (Lipinski definition) is 6. The zero-order chi connectivity index (χ0) is 18.6. The molecule has 2 aliphatic rings. The number of ketones is 2. The summed E-state index contributed by atoms with van der Waals surface area (Å²) in [5.74, 6) is -1.38. The van der Waals surface area contributed by atoms with Crippen molar-refractivity contribution in [3.63, 3.8) is 0 Å². The van der Waals surface area contributed by atoms with Gasteiger partial charge in [-0.2, -0.15) is 0 Å². The first-order chi connectivity index (χ1) is 11.5. The third kappa shape index (κ3) is 3.07. The van der Waals surface area contributed by atoms with Gasteiger partial charge in [-0.05, 0) is 37.0 Å². The summed E-state index contributed by atoms with van der Waals surface area (Å²) in [5, 5.41) is -0.0256. The lowest BCUT2D eigenvalue weighted by atomic mass is 9.91. The second-order valence-corrected chi connectivity index (χ2v) is 10.6. The maximum Gasteiger partial charge on any atom is 0.199 e. The van der Waals surface area contributed by atoms with Gasteiger partial charge in [-0.1, -0.05) is 11.6 Å². The van der Waals surface area contributed by atoms with Crippen molar-refractivity contribution in [2.75, 3.05) is 12.0 Å². The molecule has 3 rings (SSSR count). The van der Waals surface area contributed by atoms with Gasteiger partial charge in [0.05, 0.1) is 26.1 Å². The second-order valence-electron chi connectivity index (χ2n) is 6.15. The highest BCUT2D eigenvalue weighted by atomic mass is 35.5. The first kappa shape index (κ1) is 18.3. The van der Waals surface area contributed by atoms with Gasteiger partial charge in [0.2, 0.25) is 0 Å². The minimum absolute atomic E-state index is 0.0256. The number of carbonyl (C=O) groups excluding carboxylic acids is 2. The minimum Gasteiger partial charge on any atom is -0.294 e. The molecule has 0 atom stereocenters. The molecular weight excluding hydrogens is 388 g/mol. The first-order valence-electron chi connectivity index (χ1n) is 7.59. The van der Waals surface area contributed by atoms with E-state index in [9.17, 15) is 26.4 Å². The highest BCUT2D eigenvalue weighted by molar-refractivity contribution is 7.94. The van der Waals surface area contributed by atoms with Crippen molar-refractivity contribution in [2.45, 2.75) is 30.6 Å². The fourth-order valence-electron chi connectivity index (χ4n) is 3.22. The molecule has 1 aliphatic carbocycles. The number of hydrogen-bond donors (Lipinski definition) is 0. The highest BCUT2D eigenvalue weighted by Crippen LogP contribution is 2.36. The quantitative estimate of drug-likeness (QED) is 0.565. The van der Waals surface area contributed by atoms with E-state index in [1.54, 1.807) is 0 Å². The molecule has 1 aromatic carbocycles. The molecule has 0 bridgehead atoms. The van der Waals surface area contributed by atoms with Crippen LogP contribution in [-0.2, 0) is 30.9 Å². The molecule has 0 radical (unpaired) electrons. The van der Waals surface area contributed by atoms with E-state index in [1.807, 2.05) is 0 Å². The summed E-state index contributed by atoms with van der Waals surface area (Å²) in [7, 11) is -7.12. The summed E-state index contributed by atoms with van der Waals surface area (Å²) in [6, 6.07) is 2.55. The van der Waals surface area contributed by atoms with E-state index in [0.717, 1.165) is 6.26 Å². The molecular formula is C16H15ClO6S2. The standard InChI is InChI=1S/C16H15ClO6S2/c1-24(20,21)13-4-2-3-11(18)14(13)16(19)10-5-6-12-9(15(10)17)7-8-25(12,22)23/h5-6H,2-4,7-8H2,1H3. The smallest absolute Gasteiger partial charge is 0.199 e. The number of fused-ring (bicyclic) bond motifs is 1. The Kier molecular flexibility index (Phi) is 4.41. The van der Waals surface area contributed by atoms with Gasteiger partial charge in [0.1, 0.15) is 0 Å². The van der Waals surface area contributed by atoms with Crippen LogP contribution in [-0.4, -0.2) is 40.4 Å². The predicted octanol–water partition coefficient (Wildman–Crippen LogP) is 1.90. The van der Waals surface area contributed by atoms with Crippen LogP contribution in [0.15, 0.2) is 27.5 Å². The molecule has 9 heteroatoms. The largest absolute Gasteiger partial charge is 0.294 e. The van der Waals surface area contributed by atoms with Crippen molar-refractivity contribution in [2.24, 2.45) is 0 Å². The molecule has 0 fully saturated rings. The number of carbonyl (C=O) groups is 2. The van der Waals surface area contributed by atoms with E-state index < -0.39 is 31.2 Å². The van der Waals surface area contributed by atoms with Crippen LogP contribution < -0.4 is 0 Å². The second kappa shape index (κ2) is 6.03. The van der Waals surface area contributed by atoms with E-state index >= 15 is 0 Å². The van der Waals surface area contributed by atoms with Crippen molar-refractivity contribution in [1.29, 1.82) is 0 Å². The summed E-state index contributed by atoms with van der Waals surface area (Å²) in [4.78, 5) is 25.0. The number of allylic oxidation sites excluding steroid dienone is 2. The van der Waals surface area contributed by atoms with Gasteiger partial charge in [0, 0.05) is 18.2 Å². The zero-order valence-electron chi connectivity index (χ0n) is 13.3. The van der Waals surface area contributed by atoms with Crippen LogP contribution in [0.5, 0.6) is 0 Å². The third-order valence-electron chi connectivity index (χ3n) is 4.44. The fourth-order valence-corrected chi connectivity index (χ4v) is 6.26. The van der Waals surface area contributed by atoms with Crippen molar-refractivity contribution >= 4 is 42.8 Å². The van der Waals surface area contributed by atoms with Gasteiger partial charge >= 0.3 is 0 Å². The number of halogens is 1. The van der Waals surface area contributed by atoms with Crippen LogP contribution >= 0.6 is 11.6 Å². The molecule has 25 heavy (non-hydrogen) atoms. The Morgan fingerprint density at radius 3 is 2.48 bits per heavy atom. The van der Waals surface area contributed by atoms with Gasteiger partial charge in [-0.15, -0.1) is 0 Å². The van der Waals surface area contributed by atoms with E-state index in [2.05, 4.69) is 0 Å². The van der Waals surface area contributed by atoms with Gasteiger partial charge < -0.3 is 0 Å². The fraction of sp³-hybridized carbons (Fsp3) is 0.375. The molecule has 1 aromatic rings. The van der Waals surface area contributed by atoms with Crippen LogP contribution in [0.25, 0.3) is 0 Å². The summed E-state index contributed by atoms with van der Waals surface area (Å²) >= 11 is 6.24. The molecule has 0 saturated heterocycles. The van der Waals surface area contributed by atoms with E-state index in [1.165, 1.54) is 12.1 Å². The summed E-state index contributed by atoms with van der Waals surface area (Å²) in [6.07, 6.45) is 1.74. The average molecular weight is 403 g/mol. The van der Waals surface area contributed by atoms with Crippen molar-refractivity contribution in [3.05, 3.63) is 38.8 Å². The Balaban J connectivity index is 2.19. The molecule has 0 unspecified atom stereocenters. The van der Waals surface area contributed by atoms with Gasteiger partial charge in [-0.25, -0.2) is 16.8 Å². The molecule has 0 aromatic heterocycles. The van der Waals surface area contributed by atoms with Crippen LogP contribution in [0, 0.1) is 0 Å². The first-order valence-corrected chi connectivity index (χ1v) is 11.5. The number of benzene rings is 1. The Morgan fingerprint density at radius 2 is 1.84 bits per heavy atom. The third-order valence-corrected chi connectivity index (χ3v) is 7.97. The SMILES string of the molecule is CS(=O)(=O)C1=C(C(=O)c2ccc3c(c2Cl)CCS3(=O)=O)C(=O)CCC1. The number of Topliss-reactive ketones (excluding diaryl/α,β-unsaturated/α-hetero) is 2. The van der Waals surface area contributed by atoms with Crippen molar-refractivity contribution in [3.8, 4) is 0 Å². The highest BCUT2D eigenvalue weighted by Gasteiger charge is 2.35. The number of sulfone groups is 2. The van der Waals surface area contributed by atoms with E-state index in [-0.39, 0.29) is 51.0 Å². The van der Waals surface area contributed by atoms with Crippen LogP contribution in [0.4, 0.5) is 0 Å². The molecule has 0 spiro atoms. The van der Waals surface area contributed by atoms with Crippen LogP contribution in [0.2, 0.25) is 5.02 Å². The predicted molar refractivity (Wildman–Crippen MR) is 92.3 cm³/mol. The molecule has 1 aliphatic heterocycles. The van der Waals surface area contributed by atoms with Gasteiger partial charge in [0.15, 0.2) is 31.2 Å². The minimum atomic E-state index is -3.70. The lowest BCUT2D eigenvalue weighted by Crippen LogP contribution is -2.23. The summed E-state index contributed by atoms with van der Waals surface area (Å²) in [5.41, 5.74) is -0.0438. The van der Waals surface area contributed by atoms with Crippen LogP contribution in [0.3, 0.4) is 0 Å². The van der Waals surface area contributed by atoms with Crippen molar-refractivity contribution < 1.29 is 26.4 Å². The molecule has 1 heterocycles. The summed E-state index contributed by atoms with van der Waals surface area (Å²) < 4.78 is 47.8. The maximum atomic E-state index is 12.9. The van der Waals surface area contributed by atoms with Gasteiger partial charge in [0.25, 0.3) is 0 Å². The lowest BCUT2D eigenvalue weighted by Gasteiger charge is -2.18. The molecule has 0 N–H and O–H groups in total. The van der Waals surface area contributed by atoms with Crippen LogP contribution in [0.1, 0.15) is 35.2 Å². The van der Waals surface area contributed by atoms with E-state index in [4.69, 9.17) is 11.6 Å². The maximum absolute atomic E-state index is 12.9. The normalized spacial score (nSPS) is 19.8. The topological polar surface area (TPSA) is 102 Å². The Hall–Kier alpha value is -1.51. The number of rotatable bonds is 3. The Labute approximate surface area is 150 Å². The molecule has 0 amide bonds. The Morgan fingerprint density at radius 1 is 1.16 bits per heavy atom. The molecule has 0 saturated carbocycles. The molecule has 134 valence electrons. The van der Waals surface area contributed by atoms with E-state index in [0.29, 0.717) is 12.0 Å². The lowest BCUT2D eigenvalue weighted by molar-refractivity contribution is -0.115. The monoisotopic (exact) mass is 402 g/mol. The average Bonchev–Trinajstić information content (AvgIpc) is 2.82. The molecule has 6 nitrogen and oxygen atoms in total. The summed E-state index contributed by atoms with van der Waals surface area (Å²) in [6.45, 7) is 0. The zero-order valence-corrected chi connectivity index (χ0v) is 15.7.